The number of unbranched alkanes of at least 4 members (excludes halogenated alkanes) is 11. The largest absolute Gasteiger partial charge is 1.00 e. The van der Waals surface area contributed by atoms with Crippen molar-refractivity contribution in [1.82, 2.24) is 0 Å². The Morgan fingerprint density at radius 2 is 1.17 bits per heavy atom. The number of aliphatic carboxylic acids is 1. The van der Waals surface area contributed by atoms with E-state index in [-0.39, 0.29) is 36.0 Å². The van der Waals surface area contributed by atoms with Crippen molar-refractivity contribution >= 4 is 16.1 Å². The van der Waals surface area contributed by atoms with Gasteiger partial charge >= 0.3 is 35.5 Å². The van der Waals surface area contributed by atoms with Crippen LogP contribution in [-0.4, -0.2) is 29.3 Å². The molecule has 5 nitrogen and oxygen atoms in total. The Hall–Kier alpha value is 0.380. The monoisotopic (exact) mass is 359 g/mol. The molecule has 0 saturated carbocycles. The molecule has 0 aliphatic carbocycles. The quantitative estimate of drug-likeness (QED) is 0.262. The second kappa shape index (κ2) is 15.9. The maximum atomic E-state index is 10.9. The van der Waals surface area contributed by atoms with Crippen LogP contribution < -0.4 is 29.6 Å². The molecule has 0 spiro atoms. The summed E-state index contributed by atoms with van der Waals surface area (Å²) in [5.41, 5.74) is 0. The molecule has 132 valence electrons. The Labute approximate surface area is 163 Å². The van der Waals surface area contributed by atoms with Gasteiger partial charge in [-0.1, -0.05) is 84.0 Å². The van der Waals surface area contributed by atoms with Crippen LogP contribution >= 0.6 is 0 Å². The topological polar surface area (TPSA) is 91.7 Å². The molecule has 1 unspecified atom stereocenters. The van der Waals surface area contributed by atoms with E-state index in [0.717, 1.165) is 19.3 Å². The maximum Gasteiger partial charge on any atom is 1.00 e. The molecule has 0 aromatic heterocycles. The van der Waals surface area contributed by atoms with Gasteiger partial charge in [-0.2, -0.15) is 8.42 Å². The van der Waals surface area contributed by atoms with E-state index in [9.17, 15) is 13.2 Å². The molecular formula is C16H32NaO5S+. The summed E-state index contributed by atoms with van der Waals surface area (Å²) in [6.07, 6.45) is 13.8. The molecule has 0 radical (unpaired) electrons. The van der Waals surface area contributed by atoms with Crippen molar-refractivity contribution in [1.29, 1.82) is 0 Å². The van der Waals surface area contributed by atoms with E-state index in [4.69, 9.17) is 9.66 Å². The number of hydrogen-bond donors (Lipinski definition) is 2. The van der Waals surface area contributed by atoms with Crippen LogP contribution in [0.2, 0.25) is 0 Å². The molecule has 0 bridgehead atoms. The average Bonchev–Trinajstić information content (AvgIpc) is 2.42. The summed E-state index contributed by atoms with van der Waals surface area (Å²) in [7, 11) is -4.48. The van der Waals surface area contributed by atoms with Crippen molar-refractivity contribution in [2.75, 3.05) is 0 Å². The van der Waals surface area contributed by atoms with E-state index >= 15 is 0 Å². The minimum absolute atomic E-state index is 0. The fourth-order valence-corrected chi connectivity index (χ4v) is 3.29. The third kappa shape index (κ3) is 15.6. The van der Waals surface area contributed by atoms with Gasteiger partial charge < -0.3 is 5.11 Å². The third-order valence-electron chi connectivity index (χ3n) is 3.95. The van der Waals surface area contributed by atoms with Gasteiger partial charge in [-0.15, -0.1) is 0 Å². The van der Waals surface area contributed by atoms with Crippen molar-refractivity contribution in [2.24, 2.45) is 0 Å². The second-order valence-corrected chi connectivity index (χ2v) is 7.62. The Morgan fingerprint density at radius 3 is 1.48 bits per heavy atom. The summed E-state index contributed by atoms with van der Waals surface area (Å²) < 4.78 is 30.6. The van der Waals surface area contributed by atoms with Gasteiger partial charge in [0.2, 0.25) is 0 Å². The van der Waals surface area contributed by atoms with Gasteiger partial charge in [-0.05, 0) is 6.42 Å². The van der Waals surface area contributed by atoms with E-state index in [1.165, 1.54) is 51.4 Å². The van der Waals surface area contributed by atoms with Gasteiger partial charge in [-0.25, -0.2) is 0 Å². The van der Waals surface area contributed by atoms with Gasteiger partial charge in [0.1, 0.15) is 0 Å². The van der Waals surface area contributed by atoms with Gasteiger partial charge in [0.25, 0.3) is 10.1 Å². The van der Waals surface area contributed by atoms with E-state index < -0.39 is 21.3 Å². The standard InChI is InChI=1S/C16H32O5S.Na/c1-2-3-4-5-6-7-8-9-10-11-12-13-14-15(16(17)18)22(19,20)21;/h15H,2-14H2,1H3,(H,17,18)(H,19,20,21);/q;+1. The molecule has 1 atom stereocenters. The summed E-state index contributed by atoms with van der Waals surface area (Å²) in [5, 5.41) is 7.08. The molecule has 0 rings (SSSR count). The first kappa shape index (κ1) is 25.6. The predicted octanol–water partition coefficient (Wildman–Crippen LogP) is 1.42. The molecule has 0 saturated heterocycles. The second-order valence-electron chi connectivity index (χ2n) is 6.02. The van der Waals surface area contributed by atoms with E-state index in [2.05, 4.69) is 6.92 Å². The van der Waals surface area contributed by atoms with Crippen molar-refractivity contribution in [2.45, 2.75) is 95.6 Å². The number of carbonyl (C=O) groups is 1. The van der Waals surface area contributed by atoms with Crippen LogP contribution in [0.3, 0.4) is 0 Å². The molecule has 0 aromatic carbocycles. The smallest absolute Gasteiger partial charge is 0.480 e. The molecule has 0 amide bonds. The minimum Gasteiger partial charge on any atom is -0.480 e. The number of rotatable bonds is 15. The first-order valence-electron chi connectivity index (χ1n) is 8.58. The zero-order valence-electron chi connectivity index (χ0n) is 14.8. The number of carboxylic acid groups (broad SMARTS) is 1. The van der Waals surface area contributed by atoms with Gasteiger partial charge in [0.15, 0.2) is 5.25 Å². The van der Waals surface area contributed by atoms with Crippen LogP contribution in [-0.2, 0) is 14.9 Å². The summed E-state index contributed by atoms with van der Waals surface area (Å²) >= 11 is 0. The Balaban J connectivity index is 0. The van der Waals surface area contributed by atoms with Crippen LogP contribution in [0, 0.1) is 0 Å². The minimum atomic E-state index is -4.48. The van der Waals surface area contributed by atoms with Crippen molar-refractivity contribution in [3.8, 4) is 0 Å². The first-order chi connectivity index (χ1) is 10.4. The molecule has 0 fully saturated rings. The van der Waals surface area contributed by atoms with Gasteiger partial charge in [0, 0.05) is 0 Å². The normalized spacial score (nSPS) is 12.6. The summed E-state index contributed by atoms with van der Waals surface area (Å²) in [4.78, 5) is 10.7. The molecule has 0 aromatic rings. The van der Waals surface area contributed by atoms with Crippen LogP contribution in [0.15, 0.2) is 0 Å². The summed E-state index contributed by atoms with van der Waals surface area (Å²) in [6.45, 7) is 2.22. The van der Waals surface area contributed by atoms with Gasteiger partial charge in [-0.3, -0.25) is 9.35 Å². The number of carboxylic acids is 1. The van der Waals surface area contributed by atoms with Crippen molar-refractivity contribution < 1.29 is 52.4 Å². The zero-order valence-corrected chi connectivity index (χ0v) is 17.6. The molecule has 0 heterocycles. The van der Waals surface area contributed by atoms with Crippen LogP contribution in [0.1, 0.15) is 90.4 Å². The van der Waals surface area contributed by atoms with E-state index in [1.54, 1.807) is 0 Å². The SMILES string of the molecule is CCCCCCCCCCCCCCC(C(=O)O)S(=O)(=O)O.[Na+]. The Morgan fingerprint density at radius 1 is 0.826 bits per heavy atom. The van der Waals surface area contributed by atoms with Crippen molar-refractivity contribution in [3.05, 3.63) is 0 Å². The average molecular weight is 359 g/mol. The summed E-state index contributed by atoms with van der Waals surface area (Å²) in [6, 6.07) is 0. The Kier molecular flexibility index (Phi) is 17.7. The molecule has 0 aliphatic heterocycles. The molecule has 2 N–H and O–H groups in total. The Bertz CT molecular complexity index is 384. The molecule has 0 aliphatic rings. The zero-order chi connectivity index (χ0) is 16.8. The van der Waals surface area contributed by atoms with Crippen LogP contribution in [0.4, 0.5) is 0 Å². The number of hydrogen-bond acceptors (Lipinski definition) is 3. The summed E-state index contributed by atoms with van der Waals surface area (Å²) in [5.74, 6) is -1.47. The van der Waals surface area contributed by atoms with Crippen molar-refractivity contribution in [3.63, 3.8) is 0 Å². The maximum absolute atomic E-state index is 10.9. The van der Waals surface area contributed by atoms with Crippen LogP contribution in [0.25, 0.3) is 0 Å². The fourth-order valence-electron chi connectivity index (χ4n) is 2.57. The van der Waals surface area contributed by atoms with E-state index in [1.807, 2.05) is 0 Å². The van der Waals surface area contributed by atoms with Gasteiger partial charge in [0.05, 0.1) is 0 Å². The molecule has 23 heavy (non-hydrogen) atoms. The fraction of sp³-hybridized carbons (Fsp3) is 0.938. The molecule has 7 heteroatoms. The van der Waals surface area contributed by atoms with E-state index in [0.29, 0.717) is 6.42 Å². The predicted molar refractivity (Wildman–Crippen MR) is 88.7 cm³/mol. The van der Waals surface area contributed by atoms with Crippen LogP contribution in [0.5, 0.6) is 0 Å². The first-order valence-corrected chi connectivity index (χ1v) is 10.1. The third-order valence-corrected chi connectivity index (χ3v) is 5.11. The molecular weight excluding hydrogens is 327 g/mol.